The Balaban J connectivity index is 1.66. The maximum atomic E-state index is 14.5. The van der Waals surface area contributed by atoms with Crippen LogP contribution in [0.5, 0.6) is 5.75 Å². The fourth-order valence-electron chi connectivity index (χ4n) is 2.82. The summed E-state index contributed by atoms with van der Waals surface area (Å²) in [6, 6.07) is 8.51. The number of ether oxygens (including phenoxy) is 1. The summed E-state index contributed by atoms with van der Waals surface area (Å²) in [6.07, 6.45) is 0.614. The van der Waals surface area contributed by atoms with Gasteiger partial charge in [-0.05, 0) is 48.4 Å². The second kappa shape index (κ2) is 7.72. The smallest absolute Gasteiger partial charge is 0.243 e. The number of anilines is 2. The highest BCUT2D eigenvalue weighted by Crippen LogP contribution is 2.28. The van der Waals surface area contributed by atoms with E-state index < -0.39 is 0 Å². The SMILES string of the molecule is COc1ccc(Cl)cc1NCC(=O)Nc1ccc2c(c1F)CCNC2. The van der Waals surface area contributed by atoms with E-state index in [-0.39, 0.29) is 24.0 Å². The van der Waals surface area contributed by atoms with Crippen molar-refractivity contribution in [3.05, 3.63) is 52.3 Å². The molecule has 1 heterocycles. The zero-order valence-corrected chi connectivity index (χ0v) is 14.5. The molecule has 0 aliphatic carbocycles. The molecule has 0 bridgehead atoms. The lowest BCUT2D eigenvalue weighted by atomic mass is 9.99. The van der Waals surface area contributed by atoms with Crippen molar-refractivity contribution in [2.75, 3.05) is 30.8 Å². The standard InChI is InChI=1S/C18H19ClFN3O2/c1-25-16-5-3-12(19)8-15(16)22-10-17(24)23-14-4-2-11-9-21-7-6-13(11)18(14)20/h2-5,8,21-22H,6-7,9-10H2,1H3,(H,23,24). The number of carbonyl (C=O) groups excluding carboxylic acids is 1. The lowest BCUT2D eigenvalue weighted by molar-refractivity contribution is -0.114. The Morgan fingerprint density at radius 2 is 2.16 bits per heavy atom. The molecule has 0 fully saturated rings. The van der Waals surface area contributed by atoms with E-state index in [2.05, 4.69) is 16.0 Å². The molecule has 0 spiro atoms. The molecule has 3 rings (SSSR count). The van der Waals surface area contributed by atoms with Gasteiger partial charge in [-0.3, -0.25) is 4.79 Å². The molecule has 0 saturated carbocycles. The summed E-state index contributed by atoms with van der Waals surface area (Å²) in [7, 11) is 1.53. The zero-order chi connectivity index (χ0) is 17.8. The summed E-state index contributed by atoms with van der Waals surface area (Å²) in [5.41, 5.74) is 2.40. The van der Waals surface area contributed by atoms with Gasteiger partial charge in [-0.15, -0.1) is 0 Å². The predicted molar refractivity (Wildman–Crippen MR) is 96.9 cm³/mol. The molecule has 7 heteroatoms. The summed E-state index contributed by atoms with van der Waals surface area (Å²) in [5.74, 6) is -0.132. The van der Waals surface area contributed by atoms with Crippen LogP contribution in [0.25, 0.3) is 0 Å². The van der Waals surface area contributed by atoms with Gasteiger partial charge in [0, 0.05) is 11.6 Å². The Morgan fingerprint density at radius 1 is 1.32 bits per heavy atom. The van der Waals surface area contributed by atoms with Crippen LogP contribution in [-0.4, -0.2) is 26.1 Å². The van der Waals surface area contributed by atoms with Crippen molar-refractivity contribution in [3.63, 3.8) is 0 Å². The van der Waals surface area contributed by atoms with Crippen LogP contribution >= 0.6 is 11.6 Å². The quantitative estimate of drug-likeness (QED) is 0.763. The maximum absolute atomic E-state index is 14.5. The minimum Gasteiger partial charge on any atom is -0.495 e. The van der Waals surface area contributed by atoms with Crippen molar-refractivity contribution >= 4 is 28.9 Å². The number of nitrogens with one attached hydrogen (secondary N) is 3. The van der Waals surface area contributed by atoms with Crippen LogP contribution in [0.1, 0.15) is 11.1 Å². The van der Waals surface area contributed by atoms with Crippen LogP contribution in [0, 0.1) is 5.82 Å². The van der Waals surface area contributed by atoms with Crippen molar-refractivity contribution in [1.29, 1.82) is 0 Å². The predicted octanol–water partition coefficient (Wildman–Crippen LogP) is 3.18. The number of benzene rings is 2. The van der Waals surface area contributed by atoms with Gasteiger partial charge in [0.05, 0.1) is 25.0 Å². The third-order valence-electron chi connectivity index (χ3n) is 4.08. The second-order valence-electron chi connectivity index (χ2n) is 5.74. The molecule has 3 N–H and O–H groups in total. The van der Waals surface area contributed by atoms with Gasteiger partial charge in [0.2, 0.25) is 5.91 Å². The molecule has 2 aromatic carbocycles. The van der Waals surface area contributed by atoms with Gasteiger partial charge >= 0.3 is 0 Å². The van der Waals surface area contributed by atoms with Crippen LogP contribution in [0.4, 0.5) is 15.8 Å². The minimum absolute atomic E-state index is 0.0330. The molecular formula is C18H19ClFN3O2. The summed E-state index contributed by atoms with van der Waals surface area (Å²) in [4.78, 5) is 12.2. The number of amides is 1. The van der Waals surface area contributed by atoms with E-state index in [1.165, 1.54) is 7.11 Å². The van der Waals surface area contributed by atoms with Gasteiger partial charge in [-0.25, -0.2) is 4.39 Å². The first-order chi connectivity index (χ1) is 12.1. The third kappa shape index (κ3) is 4.03. The first kappa shape index (κ1) is 17.5. The Labute approximate surface area is 150 Å². The fourth-order valence-corrected chi connectivity index (χ4v) is 2.99. The highest BCUT2D eigenvalue weighted by atomic mass is 35.5. The molecule has 1 aliphatic heterocycles. The summed E-state index contributed by atoms with van der Waals surface area (Å²) in [6.45, 7) is 1.35. The minimum atomic E-state index is -0.354. The van der Waals surface area contributed by atoms with E-state index in [1.54, 1.807) is 24.3 Å². The fraction of sp³-hybridized carbons (Fsp3) is 0.278. The Kier molecular flexibility index (Phi) is 5.40. The number of hydrogen-bond donors (Lipinski definition) is 3. The molecule has 0 saturated heterocycles. The molecule has 0 unspecified atom stereocenters. The van der Waals surface area contributed by atoms with Crippen LogP contribution in [-0.2, 0) is 17.8 Å². The molecular weight excluding hydrogens is 345 g/mol. The van der Waals surface area contributed by atoms with Gasteiger partial charge in [-0.1, -0.05) is 17.7 Å². The molecule has 0 aromatic heterocycles. The first-order valence-electron chi connectivity index (χ1n) is 7.96. The normalized spacial score (nSPS) is 13.1. The molecule has 1 aliphatic rings. The van der Waals surface area contributed by atoms with E-state index >= 15 is 0 Å². The monoisotopic (exact) mass is 363 g/mol. The van der Waals surface area contributed by atoms with Crippen LogP contribution in [0.3, 0.4) is 0 Å². The molecule has 0 radical (unpaired) electrons. The van der Waals surface area contributed by atoms with Crippen LogP contribution < -0.4 is 20.7 Å². The number of halogens is 2. The summed E-state index contributed by atoms with van der Waals surface area (Å²) >= 11 is 5.96. The van der Waals surface area contributed by atoms with Gasteiger partial charge < -0.3 is 20.7 Å². The zero-order valence-electron chi connectivity index (χ0n) is 13.8. The average molecular weight is 364 g/mol. The number of methoxy groups -OCH3 is 1. The lowest BCUT2D eigenvalue weighted by Gasteiger charge is -2.19. The van der Waals surface area contributed by atoms with Gasteiger partial charge in [0.15, 0.2) is 0 Å². The van der Waals surface area contributed by atoms with Crippen LogP contribution in [0.15, 0.2) is 30.3 Å². The molecule has 25 heavy (non-hydrogen) atoms. The largest absolute Gasteiger partial charge is 0.495 e. The second-order valence-corrected chi connectivity index (χ2v) is 6.17. The lowest BCUT2D eigenvalue weighted by Crippen LogP contribution is -2.26. The van der Waals surface area contributed by atoms with Gasteiger partial charge in [0.1, 0.15) is 11.6 Å². The molecule has 2 aromatic rings. The molecule has 1 amide bonds. The van der Waals surface area contributed by atoms with Crippen molar-refractivity contribution in [3.8, 4) is 5.75 Å². The molecule has 0 atom stereocenters. The van der Waals surface area contributed by atoms with Crippen molar-refractivity contribution < 1.29 is 13.9 Å². The Bertz CT molecular complexity index is 798. The topological polar surface area (TPSA) is 62.4 Å². The average Bonchev–Trinajstić information content (AvgIpc) is 2.63. The summed E-state index contributed by atoms with van der Waals surface area (Å²) in [5, 5.41) is 9.29. The highest BCUT2D eigenvalue weighted by molar-refractivity contribution is 6.30. The van der Waals surface area contributed by atoms with E-state index in [0.717, 1.165) is 12.1 Å². The maximum Gasteiger partial charge on any atom is 0.243 e. The number of fused-ring (bicyclic) bond motifs is 1. The van der Waals surface area contributed by atoms with Crippen LogP contribution in [0.2, 0.25) is 5.02 Å². The van der Waals surface area contributed by atoms with Crippen molar-refractivity contribution in [2.24, 2.45) is 0 Å². The number of rotatable bonds is 5. The molecule has 5 nitrogen and oxygen atoms in total. The first-order valence-corrected chi connectivity index (χ1v) is 8.34. The number of hydrogen-bond acceptors (Lipinski definition) is 4. The van der Waals surface area contributed by atoms with E-state index in [1.807, 2.05) is 6.07 Å². The third-order valence-corrected chi connectivity index (χ3v) is 4.32. The highest BCUT2D eigenvalue weighted by Gasteiger charge is 2.17. The van der Waals surface area contributed by atoms with Crippen molar-refractivity contribution in [2.45, 2.75) is 13.0 Å². The number of carbonyl (C=O) groups is 1. The van der Waals surface area contributed by atoms with E-state index in [0.29, 0.717) is 35.0 Å². The van der Waals surface area contributed by atoms with E-state index in [4.69, 9.17) is 16.3 Å². The molecule has 132 valence electrons. The summed E-state index contributed by atoms with van der Waals surface area (Å²) < 4.78 is 19.8. The Morgan fingerprint density at radius 3 is 2.96 bits per heavy atom. The van der Waals surface area contributed by atoms with Gasteiger partial charge in [0.25, 0.3) is 0 Å². The van der Waals surface area contributed by atoms with E-state index in [9.17, 15) is 9.18 Å². The van der Waals surface area contributed by atoms with Crippen molar-refractivity contribution in [1.82, 2.24) is 5.32 Å². The van der Waals surface area contributed by atoms with Gasteiger partial charge in [-0.2, -0.15) is 0 Å². The Hall–Kier alpha value is -2.31.